The number of amides is 2. The van der Waals surface area contributed by atoms with Gasteiger partial charge >= 0.3 is 6.18 Å². The van der Waals surface area contributed by atoms with Gasteiger partial charge < -0.3 is 15.5 Å². The maximum atomic E-state index is 13.0. The fourth-order valence-electron chi connectivity index (χ4n) is 4.44. The van der Waals surface area contributed by atoms with E-state index < -0.39 is 11.7 Å². The number of anilines is 2. The normalized spacial score (nSPS) is 14.4. The second-order valence-corrected chi connectivity index (χ2v) is 8.78. The summed E-state index contributed by atoms with van der Waals surface area (Å²) < 4.78 is 38.7. The van der Waals surface area contributed by atoms with Crippen LogP contribution in [0.5, 0.6) is 0 Å². The average Bonchev–Trinajstić information content (AvgIpc) is 2.89. The van der Waals surface area contributed by atoms with E-state index in [1.807, 2.05) is 31.2 Å². The van der Waals surface area contributed by atoms with Crippen molar-refractivity contribution in [2.24, 2.45) is 5.92 Å². The van der Waals surface area contributed by atoms with Crippen LogP contribution in [-0.2, 0) is 11.0 Å². The van der Waals surface area contributed by atoms with Gasteiger partial charge in [-0.3, -0.25) is 9.59 Å². The maximum absolute atomic E-state index is 13.0. The predicted molar refractivity (Wildman–Crippen MR) is 135 cm³/mol. The lowest BCUT2D eigenvalue weighted by molar-refractivity contribution is -0.137. The van der Waals surface area contributed by atoms with Gasteiger partial charge in [0.05, 0.1) is 5.56 Å². The molecule has 36 heavy (non-hydrogen) atoms. The smallest absolute Gasteiger partial charge is 0.371 e. The summed E-state index contributed by atoms with van der Waals surface area (Å²) in [6.45, 7) is 4.13. The van der Waals surface area contributed by atoms with Crippen LogP contribution in [0.15, 0.2) is 72.8 Å². The van der Waals surface area contributed by atoms with Crippen LogP contribution in [-0.4, -0.2) is 31.4 Å². The molecule has 1 aliphatic heterocycles. The Kier molecular flexibility index (Phi) is 7.62. The van der Waals surface area contributed by atoms with E-state index in [2.05, 4.69) is 15.5 Å². The topological polar surface area (TPSA) is 61.4 Å². The molecule has 1 aliphatic rings. The number of hydrogen-bond donors (Lipinski definition) is 2. The number of carbonyl (C=O) groups is 2. The molecule has 0 radical (unpaired) electrons. The van der Waals surface area contributed by atoms with Crippen molar-refractivity contribution in [3.05, 3.63) is 83.9 Å². The highest BCUT2D eigenvalue weighted by Gasteiger charge is 2.30. The average molecular weight is 496 g/mol. The molecule has 3 aromatic rings. The third-order valence-corrected chi connectivity index (χ3v) is 6.40. The summed E-state index contributed by atoms with van der Waals surface area (Å²) in [4.78, 5) is 27.3. The number of carbonyl (C=O) groups excluding carboxylic acids is 2. The van der Waals surface area contributed by atoms with E-state index in [1.165, 1.54) is 12.1 Å². The summed E-state index contributed by atoms with van der Waals surface area (Å²) in [5, 5.41) is 5.77. The zero-order chi connectivity index (χ0) is 25.7. The van der Waals surface area contributed by atoms with E-state index in [-0.39, 0.29) is 17.7 Å². The third-order valence-electron chi connectivity index (χ3n) is 6.40. The van der Waals surface area contributed by atoms with Gasteiger partial charge in [-0.1, -0.05) is 30.3 Å². The number of alkyl halides is 3. The molecule has 0 aliphatic carbocycles. The number of benzene rings is 3. The van der Waals surface area contributed by atoms with Crippen LogP contribution in [0.25, 0.3) is 11.1 Å². The Bertz CT molecular complexity index is 1200. The van der Waals surface area contributed by atoms with Crippen molar-refractivity contribution < 1.29 is 22.8 Å². The van der Waals surface area contributed by atoms with Crippen LogP contribution in [0.3, 0.4) is 0 Å². The van der Waals surface area contributed by atoms with E-state index in [0.29, 0.717) is 28.9 Å². The number of hydrogen-bond acceptors (Lipinski definition) is 3. The number of rotatable bonds is 6. The molecule has 1 fully saturated rings. The molecule has 0 bridgehead atoms. The van der Waals surface area contributed by atoms with Crippen molar-refractivity contribution in [2.75, 3.05) is 29.9 Å². The van der Waals surface area contributed by atoms with Crippen LogP contribution in [0, 0.1) is 5.92 Å². The summed E-state index contributed by atoms with van der Waals surface area (Å²) >= 11 is 0. The van der Waals surface area contributed by atoms with Crippen LogP contribution in [0.4, 0.5) is 24.5 Å². The summed E-state index contributed by atoms with van der Waals surface area (Å²) in [7, 11) is 0. The van der Waals surface area contributed by atoms with Crippen molar-refractivity contribution in [1.82, 2.24) is 5.32 Å². The highest BCUT2D eigenvalue weighted by molar-refractivity contribution is 6.08. The molecule has 1 heterocycles. The molecule has 2 N–H and O–H groups in total. The molecule has 0 spiro atoms. The van der Waals surface area contributed by atoms with Crippen molar-refractivity contribution in [3.8, 4) is 11.1 Å². The molecule has 0 saturated carbocycles. The fourth-order valence-corrected chi connectivity index (χ4v) is 4.44. The zero-order valence-corrected chi connectivity index (χ0v) is 19.9. The molecular weight excluding hydrogens is 467 g/mol. The van der Waals surface area contributed by atoms with Gasteiger partial charge in [0, 0.05) is 42.5 Å². The van der Waals surface area contributed by atoms with Gasteiger partial charge in [0.25, 0.3) is 5.91 Å². The van der Waals surface area contributed by atoms with Gasteiger partial charge in [-0.05, 0) is 73.4 Å². The van der Waals surface area contributed by atoms with Crippen molar-refractivity contribution >= 4 is 23.2 Å². The molecule has 1 saturated heterocycles. The molecule has 4 rings (SSSR count). The lowest BCUT2D eigenvalue weighted by atomic mass is 9.95. The van der Waals surface area contributed by atoms with Crippen LogP contribution in [0.1, 0.15) is 35.7 Å². The number of halogens is 3. The molecule has 3 aromatic carbocycles. The van der Waals surface area contributed by atoms with E-state index in [9.17, 15) is 22.8 Å². The number of nitrogens with zero attached hydrogens (tertiary/aromatic N) is 1. The molecule has 5 nitrogen and oxygen atoms in total. The lowest BCUT2D eigenvalue weighted by Crippen LogP contribution is -2.40. The van der Waals surface area contributed by atoms with E-state index in [1.54, 1.807) is 24.3 Å². The van der Waals surface area contributed by atoms with E-state index in [0.717, 1.165) is 43.8 Å². The first-order valence-electron chi connectivity index (χ1n) is 12.0. The first-order chi connectivity index (χ1) is 17.3. The second kappa shape index (κ2) is 10.8. The summed E-state index contributed by atoms with van der Waals surface area (Å²) in [6, 6.07) is 19.1. The van der Waals surface area contributed by atoms with Gasteiger partial charge in [-0.15, -0.1) is 0 Å². The Balaban J connectivity index is 1.42. The Morgan fingerprint density at radius 2 is 1.56 bits per heavy atom. The quantitative estimate of drug-likeness (QED) is 0.443. The van der Waals surface area contributed by atoms with E-state index in [4.69, 9.17) is 0 Å². The molecular formula is C28H28F3N3O2. The minimum atomic E-state index is -4.42. The molecule has 8 heteroatoms. The highest BCUT2D eigenvalue weighted by atomic mass is 19.4. The Morgan fingerprint density at radius 1 is 0.917 bits per heavy atom. The maximum Gasteiger partial charge on any atom is 0.416 e. The molecule has 0 unspecified atom stereocenters. The minimum absolute atomic E-state index is 0.0458. The SMILES string of the molecule is CCNC(=O)C1CCN(c2ccc(NC(=O)c3ccccc3-c3ccc(C(F)(F)F)cc3)cc2)CC1. The minimum Gasteiger partial charge on any atom is -0.371 e. The summed E-state index contributed by atoms with van der Waals surface area (Å²) in [5.74, 6) is -0.183. The first-order valence-corrected chi connectivity index (χ1v) is 12.0. The molecule has 188 valence electrons. The lowest BCUT2D eigenvalue weighted by Gasteiger charge is -2.33. The summed E-state index contributed by atoms with van der Waals surface area (Å²) in [6.07, 6.45) is -2.82. The number of piperidine rings is 1. The zero-order valence-electron chi connectivity index (χ0n) is 19.9. The monoisotopic (exact) mass is 495 g/mol. The van der Waals surface area contributed by atoms with Gasteiger partial charge in [0.1, 0.15) is 0 Å². The van der Waals surface area contributed by atoms with Gasteiger partial charge in [-0.25, -0.2) is 0 Å². The largest absolute Gasteiger partial charge is 0.416 e. The van der Waals surface area contributed by atoms with Crippen LogP contribution in [0.2, 0.25) is 0 Å². The standard InChI is InChI=1S/C28H28F3N3O2/c1-2-32-26(35)20-15-17-34(18-16-20)23-13-11-22(12-14-23)33-27(36)25-6-4-3-5-24(25)19-7-9-21(10-8-19)28(29,30)31/h3-14,20H,2,15-18H2,1H3,(H,32,35)(H,33,36). The van der Waals surface area contributed by atoms with Gasteiger partial charge in [0.15, 0.2) is 0 Å². The van der Waals surface area contributed by atoms with E-state index >= 15 is 0 Å². The van der Waals surface area contributed by atoms with Crippen LogP contribution < -0.4 is 15.5 Å². The Hall–Kier alpha value is -3.81. The fraction of sp³-hybridized carbons (Fsp3) is 0.286. The molecule has 0 atom stereocenters. The number of nitrogens with one attached hydrogen (secondary N) is 2. The second-order valence-electron chi connectivity index (χ2n) is 8.78. The van der Waals surface area contributed by atoms with Crippen molar-refractivity contribution in [2.45, 2.75) is 25.9 Å². The van der Waals surface area contributed by atoms with Crippen LogP contribution >= 0.6 is 0 Å². The molecule has 2 amide bonds. The predicted octanol–water partition coefficient (Wildman–Crippen LogP) is 5.98. The Morgan fingerprint density at radius 3 is 2.17 bits per heavy atom. The van der Waals surface area contributed by atoms with Crippen molar-refractivity contribution in [3.63, 3.8) is 0 Å². The molecule has 0 aromatic heterocycles. The van der Waals surface area contributed by atoms with Gasteiger partial charge in [0.2, 0.25) is 5.91 Å². The third kappa shape index (κ3) is 5.87. The first kappa shape index (κ1) is 25.3. The van der Waals surface area contributed by atoms with Gasteiger partial charge in [-0.2, -0.15) is 13.2 Å². The highest BCUT2D eigenvalue weighted by Crippen LogP contribution is 2.32. The van der Waals surface area contributed by atoms with Crippen molar-refractivity contribution in [1.29, 1.82) is 0 Å². The Labute approximate surface area is 208 Å². The summed E-state index contributed by atoms with van der Waals surface area (Å²) in [5.41, 5.74) is 2.35.